The summed E-state index contributed by atoms with van der Waals surface area (Å²) in [4.78, 5) is 11.1. The molecule has 0 bridgehead atoms. The third-order valence-electron chi connectivity index (χ3n) is 3.37. The van der Waals surface area contributed by atoms with Crippen LogP contribution in [0.3, 0.4) is 0 Å². The van der Waals surface area contributed by atoms with Crippen LogP contribution in [-0.2, 0) is 5.41 Å². The molecule has 1 aliphatic carbocycles. The lowest BCUT2D eigenvalue weighted by Gasteiger charge is -2.20. The minimum Gasteiger partial charge on any atom is -0.366 e. The van der Waals surface area contributed by atoms with Crippen molar-refractivity contribution in [3.05, 3.63) is 35.4 Å². The van der Waals surface area contributed by atoms with Crippen molar-refractivity contribution < 1.29 is 4.79 Å². The lowest BCUT2D eigenvalue weighted by atomic mass is 9.80. The molecule has 0 aliphatic heterocycles. The van der Waals surface area contributed by atoms with Gasteiger partial charge in [-0.1, -0.05) is 25.0 Å². The number of benzene rings is 1. The molecule has 0 radical (unpaired) electrons. The van der Waals surface area contributed by atoms with Gasteiger partial charge in [0.2, 0.25) is 5.91 Å². The highest BCUT2D eigenvalue weighted by atomic mass is 16.1. The van der Waals surface area contributed by atoms with E-state index in [1.54, 1.807) is 18.2 Å². The van der Waals surface area contributed by atoms with Gasteiger partial charge < -0.3 is 5.73 Å². The molecule has 1 aromatic rings. The quantitative estimate of drug-likeness (QED) is 0.819. The third-order valence-corrected chi connectivity index (χ3v) is 3.37. The maximum absolute atomic E-state index is 11.1. The smallest absolute Gasteiger partial charge is 0.248 e. The zero-order valence-electron chi connectivity index (χ0n) is 9.07. The van der Waals surface area contributed by atoms with Gasteiger partial charge in [-0.05, 0) is 30.5 Å². The van der Waals surface area contributed by atoms with Crippen molar-refractivity contribution in [3.8, 4) is 6.07 Å². The summed E-state index contributed by atoms with van der Waals surface area (Å²) in [6.45, 7) is 0. The SMILES string of the molecule is N#CC1(c2cccc(C(N)=O)c2)CCCC1. The van der Waals surface area contributed by atoms with Crippen LogP contribution in [0.2, 0.25) is 0 Å². The van der Waals surface area contributed by atoms with E-state index in [-0.39, 0.29) is 0 Å². The Labute approximate surface area is 94.9 Å². The Kier molecular flexibility index (Phi) is 2.66. The van der Waals surface area contributed by atoms with E-state index >= 15 is 0 Å². The van der Waals surface area contributed by atoms with Crippen LogP contribution in [0.4, 0.5) is 0 Å². The summed E-state index contributed by atoms with van der Waals surface area (Å²) in [6, 6.07) is 9.57. The van der Waals surface area contributed by atoms with Crippen molar-refractivity contribution in [2.75, 3.05) is 0 Å². The van der Waals surface area contributed by atoms with Gasteiger partial charge in [0.1, 0.15) is 0 Å². The molecule has 82 valence electrons. The van der Waals surface area contributed by atoms with Crippen molar-refractivity contribution in [1.29, 1.82) is 5.26 Å². The Bertz CT molecular complexity index is 453. The number of nitrogens with two attached hydrogens (primary N) is 1. The van der Waals surface area contributed by atoms with Gasteiger partial charge in [-0.15, -0.1) is 0 Å². The third kappa shape index (κ3) is 1.67. The van der Waals surface area contributed by atoms with E-state index < -0.39 is 11.3 Å². The molecule has 0 atom stereocenters. The normalized spacial score (nSPS) is 17.9. The van der Waals surface area contributed by atoms with Crippen LogP contribution in [0.15, 0.2) is 24.3 Å². The molecule has 3 heteroatoms. The summed E-state index contributed by atoms with van der Waals surface area (Å²) >= 11 is 0. The van der Waals surface area contributed by atoms with Gasteiger partial charge in [-0.2, -0.15) is 5.26 Å². The topological polar surface area (TPSA) is 66.9 Å². The van der Waals surface area contributed by atoms with Crippen LogP contribution in [0.25, 0.3) is 0 Å². The number of rotatable bonds is 2. The molecule has 1 amide bonds. The average molecular weight is 214 g/mol. The molecule has 3 nitrogen and oxygen atoms in total. The summed E-state index contributed by atoms with van der Waals surface area (Å²) in [6.07, 6.45) is 3.92. The molecule has 0 heterocycles. The zero-order valence-corrected chi connectivity index (χ0v) is 9.07. The number of primary amides is 1. The number of carbonyl (C=O) groups is 1. The van der Waals surface area contributed by atoms with Gasteiger partial charge in [0.05, 0.1) is 11.5 Å². The average Bonchev–Trinajstić information content (AvgIpc) is 2.79. The van der Waals surface area contributed by atoms with Crippen LogP contribution in [0.5, 0.6) is 0 Å². The Morgan fingerprint density at radius 3 is 2.62 bits per heavy atom. The highest BCUT2D eigenvalue weighted by molar-refractivity contribution is 5.93. The number of amides is 1. The highest BCUT2D eigenvalue weighted by Gasteiger charge is 2.35. The number of hydrogen-bond acceptors (Lipinski definition) is 2. The van der Waals surface area contributed by atoms with Gasteiger partial charge in [-0.3, -0.25) is 4.79 Å². The monoisotopic (exact) mass is 214 g/mol. The van der Waals surface area contributed by atoms with Crippen molar-refractivity contribution in [2.45, 2.75) is 31.1 Å². The number of nitrogens with zero attached hydrogens (tertiary/aromatic N) is 1. The maximum Gasteiger partial charge on any atom is 0.248 e. The summed E-state index contributed by atoms with van der Waals surface area (Å²) in [7, 11) is 0. The largest absolute Gasteiger partial charge is 0.366 e. The molecule has 0 spiro atoms. The second kappa shape index (κ2) is 3.97. The molecule has 1 aliphatic rings. The van der Waals surface area contributed by atoms with Crippen molar-refractivity contribution >= 4 is 5.91 Å². The maximum atomic E-state index is 11.1. The van der Waals surface area contributed by atoms with Gasteiger partial charge in [0.25, 0.3) is 0 Å². The molecule has 16 heavy (non-hydrogen) atoms. The fourth-order valence-electron chi connectivity index (χ4n) is 2.41. The second-order valence-corrected chi connectivity index (χ2v) is 4.35. The van der Waals surface area contributed by atoms with Crippen LogP contribution in [-0.4, -0.2) is 5.91 Å². The van der Waals surface area contributed by atoms with Crippen LogP contribution in [0.1, 0.15) is 41.6 Å². The Hall–Kier alpha value is -1.82. The summed E-state index contributed by atoms with van der Waals surface area (Å²) in [5.41, 5.74) is 6.27. The zero-order chi connectivity index (χ0) is 11.6. The second-order valence-electron chi connectivity index (χ2n) is 4.35. The molecular weight excluding hydrogens is 200 g/mol. The Morgan fingerprint density at radius 2 is 2.06 bits per heavy atom. The van der Waals surface area contributed by atoms with E-state index in [0.29, 0.717) is 5.56 Å². The molecular formula is C13H14N2O. The van der Waals surface area contributed by atoms with E-state index in [0.717, 1.165) is 31.2 Å². The predicted octanol–water partition coefficient (Wildman–Crippen LogP) is 2.12. The Balaban J connectivity index is 2.43. The van der Waals surface area contributed by atoms with Crippen molar-refractivity contribution in [2.24, 2.45) is 5.73 Å². The van der Waals surface area contributed by atoms with Crippen LogP contribution >= 0.6 is 0 Å². The lowest BCUT2D eigenvalue weighted by molar-refractivity contribution is 0.1000. The lowest BCUT2D eigenvalue weighted by Crippen LogP contribution is -2.20. The first-order valence-electron chi connectivity index (χ1n) is 5.49. The van der Waals surface area contributed by atoms with Crippen molar-refractivity contribution in [3.63, 3.8) is 0 Å². The summed E-state index contributed by atoms with van der Waals surface area (Å²) < 4.78 is 0. The first-order valence-corrected chi connectivity index (χ1v) is 5.49. The van der Waals surface area contributed by atoms with Gasteiger partial charge in [0, 0.05) is 5.56 Å². The number of carbonyl (C=O) groups excluding carboxylic acids is 1. The summed E-state index contributed by atoms with van der Waals surface area (Å²) in [5.74, 6) is -0.437. The van der Waals surface area contributed by atoms with Crippen LogP contribution < -0.4 is 5.73 Å². The van der Waals surface area contributed by atoms with E-state index in [4.69, 9.17) is 5.73 Å². The molecule has 2 rings (SSSR count). The first-order chi connectivity index (χ1) is 7.68. The Morgan fingerprint density at radius 1 is 1.38 bits per heavy atom. The first kappa shape index (κ1) is 10.7. The summed E-state index contributed by atoms with van der Waals surface area (Å²) in [5, 5.41) is 9.33. The van der Waals surface area contributed by atoms with E-state index in [1.807, 2.05) is 6.07 Å². The van der Waals surface area contributed by atoms with E-state index in [9.17, 15) is 10.1 Å². The van der Waals surface area contributed by atoms with Gasteiger partial charge in [0.15, 0.2) is 0 Å². The minimum atomic E-state index is -0.437. The minimum absolute atomic E-state index is 0.397. The van der Waals surface area contributed by atoms with E-state index in [2.05, 4.69) is 6.07 Å². The molecule has 1 fully saturated rings. The number of hydrogen-bond donors (Lipinski definition) is 1. The predicted molar refractivity (Wildman–Crippen MR) is 60.7 cm³/mol. The van der Waals surface area contributed by atoms with E-state index in [1.165, 1.54) is 0 Å². The molecule has 1 saturated carbocycles. The van der Waals surface area contributed by atoms with Gasteiger partial charge in [-0.25, -0.2) is 0 Å². The van der Waals surface area contributed by atoms with Crippen LogP contribution in [0, 0.1) is 11.3 Å². The fourth-order valence-corrected chi connectivity index (χ4v) is 2.41. The number of nitriles is 1. The molecule has 2 N–H and O–H groups in total. The molecule has 0 saturated heterocycles. The standard InChI is InChI=1S/C13H14N2O/c14-9-13(6-1-2-7-13)11-5-3-4-10(8-11)12(15)16/h3-5,8H,1-2,6-7H2,(H2,15,16). The van der Waals surface area contributed by atoms with Gasteiger partial charge >= 0.3 is 0 Å². The van der Waals surface area contributed by atoms with Crippen molar-refractivity contribution in [1.82, 2.24) is 0 Å². The molecule has 0 unspecified atom stereocenters. The molecule has 1 aromatic carbocycles. The highest BCUT2D eigenvalue weighted by Crippen LogP contribution is 2.40. The fraction of sp³-hybridized carbons (Fsp3) is 0.385. The molecule has 0 aromatic heterocycles.